The molecule has 1 aliphatic rings. The summed E-state index contributed by atoms with van der Waals surface area (Å²) in [6, 6.07) is 3.38. The number of hydrogen-bond acceptors (Lipinski definition) is 4. The fourth-order valence-electron chi connectivity index (χ4n) is 2.63. The van der Waals surface area contributed by atoms with Gasteiger partial charge in [-0.15, -0.1) is 11.3 Å². The molecule has 1 saturated heterocycles. The van der Waals surface area contributed by atoms with Crippen LogP contribution in [0.2, 0.25) is 0 Å². The fraction of sp³-hybridized carbons (Fsp3) is 0.667. The van der Waals surface area contributed by atoms with Crippen LogP contribution in [0, 0.1) is 5.92 Å². The van der Waals surface area contributed by atoms with E-state index in [1.807, 2.05) is 0 Å². The molecule has 1 N–H and O–H groups in total. The number of carbonyl (C=O) groups is 1. The number of piperidine rings is 1. The molecule has 1 aliphatic heterocycles. The van der Waals surface area contributed by atoms with Crippen molar-refractivity contribution in [2.45, 2.75) is 43.2 Å². The van der Waals surface area contributed by atoms with Crippen molar-refractivity contribution >= 4 is 27.3 Å². The smallest absolute Gasteiger partial charge is 0.252 e. The number of thiophene rings is 1. The molecule has 0 saturated carbocycles. The molecule has 7 heteroatoms. The van der Waals surface area contributed by atoms with Gasteiger partial charge in [-0.05, 0) is 30.7 Å². The molecule has 1 aromatic heterocycles. The van der Waals surface area contributed by atoms with Crippen LogP contribution >= 0.6 is 11.3 Å². The highest BCUT2D eigenvalue weighted by Crippen LogP contribution is 2.26. The molecule has 2 heterocycles. The summed E-state index contributed by atoms with van der Waals surface area (Å²) in [5.74, 6) is 0.0145. The standard InChI is InChI=1S/C15H24N2O3S2/c1-2-3-4-9-16-15(18)13-7-10-17(11-8-13)22(19,20)14-6-5-12-21-14/h5-6,12-13H,2-4,7-11H2,1H3,(H,16,18). The van der Waals surface area contributed by atoms with Gasteiger partial charge in [0.15, 0.2) is 0 Å². The Bertz CT molecular complexity index is 562. The van der Waals surface area contributed by atoms with Crippen LogP contribution in [0.15, 0.2) is 21.7 Å². The molecule has 0 spiro atoms. The van der Waals surface area contributed by atoms with Gasteiger partial charge in [0.1, 0.15) is 4.21 Å². The molecule has 1 aromatic rings. The lowest BCUT2D eigenvalue weighted by Crippen LogP contribution is -2.43. The van der Waals surface area contributed by atoms with Crippen LogP contribution in [0.3, 0.4) is 0 Å². The number of unbranched alkanes of at least 4 members (excludes halogenated alkanes) is 2. The van der Waals surface area contributed by atoms with Gasteiger partial charge in [0, 0.05) is 25.6 Å². The van der Waals surface area contributed by atoms with Gasteiger partial charge in [-0.2, -0.15) is 4.31 Å². The highest BCUT2D eigenvalue weighted by Gasteiger charge is 2.32. The second kappa shape index (κ2) is 8.08. The Hall–Kier alpha value is -0.920. The van der Waals surface area contributed by atoms with Crippen LogP contribution in [0.25, 0.3) is 0 Å². The molecule has 0 radical (unpaired) electrons. The van der Waals surface area contributed by atoms with E-state index in [0.717, 1.165) is 25.8 Å². The Morgan fingerprint density at radius 1 is 1.36 bits per heavy atom. The maximum Gasteiger partial charge on any atom is 0.252 e. The first kappa shape index (κ1) is 17.4. The van der Waals surface area contributed by atoms with Crippen molar-refractivity contribution in [1.29, 1.82) is 0 Å². The number of rotatable bonds is 7. The maximum atomic E-state index is 12.4. The van der Waals surface area contributed by atoms with Gasteiger partial charge in [0.25, 0.3) is 10.0 Å². The first-order chi connectivity index (χ1) is 10.6. The summed E-state index contributed by atoms with van der Waals surface area (Å²) in [6.07, 6.45) is 4.47. The summed E-state index contributed by atoms with van der Waals surface area (Å²) in [5.41, 5.74) is 0. The molecule has 1 amide bonds. The molecule has 22 heavy (non-hydrogen) atoms. The van der Waals surface area contributed by atoms with E-state index in [1.54, 1.807) is 17.5 Å². The number of hydrogen-bond donors (Lipinski definition) is 1. The molecule has 1 fully saturated rings. The highest BCUT2D eigenvalue weighted by atomic mass is 32.2. The minimum Gasteiger partial charge on any atom is -0.356 e. The maximum absolute atomic E-state index is 12.4. The summed E-state index contributed by atoms with van der Waals surface area (Å²) < 4.78 is 26.7. The van der Waals surface area contributed by atoms with Crippen LogP contribution in [0.5, 0.6) is 0 Å². The molecule has 2 rings (SSSR count). The van der Waals surface area contributed by atoms with E-state index in [1.165, 1.54) is 15.6 Å². The van der Waals surface area contributed by atoms with E-state index in [-0.39, 0.29) is 11.8 Å². The monoisotopic (exact) mass is 344 g/mol. The minimum atomic E-state index is -3.37. The zero-order valence-electron chi connectivity index (χ0n) is 13.0. The van der Waals surface area contributed by atoms with Gasteiger partial charge in [-0.25, -0.2) is 8.42 Å². The van der Waals surface area contributed by atoms with Gasteiger partial charge >= 0.3 is 0 Å². The van der Waals surface area contributed by atoms with Crippen LogP contribution in [-0.2, 0) is 14.8 Å². The van der Waals surface area contributed by atoms with Gasteiger partial charge in [-0.1, -0.05) is 25.8 Å². The number of nitrogens with one attached hydrogen (secondary N) is 1. The molecule has 0 aromatic carbocycles. The second-order valence-electron chi connectivity index (χ2n) is 5.61. The molecule has 0 aliphatic carbocycles. The lowest BCUT2D eigenvalue weighted by Gasteiger charge is -2.30. The quantitative estimate of drug-likeness (QED) is 0.773. The van der Waals surface area contributed by atoms with Crippen molar-refractivity contribution in [3.63, 3.8) is 0 Å². The largest absolute Gasteiger partial charge is 0.356 e. The van der Waals surface area contributed by atoms with Gasteiger partial charge in [0.2, 0.25) is 5.91 Å². The van der Waals surface area contributed by atoms with E-state index >= 15 is 0 Å². The second-order valence-corrected chi connectivity index (χ2v) is 8.72. The van der Waals surface area contributed by atoms with Crippen LogP contribution < -0.4 is 5.32 Å². The predicted octanol–water partition coefficient (Wildman–Crippen LogP) is 2.46. The average molecular weight is 345 g/mol. The summed E-state index contributed by atoms with van der Waals surface area (Å²) >= 11 is 1.24. The predicted molar refractivity (Wildman–Crippen MR) is 88.3 cm³/mol. The number of nitrogens with zero attached hydrogens (tertiary/aromatic N) is 1. The molecular formula is C15H24N2O3S2. The third-order valence-corrected chi connectivity index (χ3v) is 7.27. The third kappa shape index (κ3) is 4.30. The van der Waals surface area contributed by atoms with Crippen molar-refractivity contribution in [2.24, 2.45) is 5.92 Å². The summed E-state index contributed by atoms with van der Waals surface area (Å²) in [5, 5.41) is 4.73. The Labute approximate surface area is 136 Å². The van der Waals surface area contributed by atoms with Crippen LogP contribution in [0.4, 0.5) is 0 Å². The van der Waals surface area contributed by atoms with Crippen molar-refractivity contribution in [3.05, 3.63) is 17.5 Å². The molecule has 5 nitrogen and oxygen atoms in total. The third-order valence-electron chi connectivity index (χ3n) is 3.99. The Morgan fingerprint density at radius 3 is 2.68 bits per heavy atom. The number of carbonyl (C=O) groups excluding carboxylic acids is 1. The molecular weight excluding hydrogens is 320 g/mol. The Balaban J connectivity index is 1.82. The highest BCUT2D eigenvalue weighted by molar-refractivity contribution is 7.91. The van der Waals surface area contributed by atoms with E-state index < -0.39 is 10.0 Å². The van der Waals surface area contributed by atoms with Crippen LogP contribution in [-0.4, -0.2) is 38.3 Å². The number of sulfonamides is 1. The van der Waals surface area contributed by atoms with E-state index in [9.17, 15) is 13.2 Å². The Morgan fingerprint density at radius 2 is 2.09 bits per heavy atom. The lowest BCUT2D eigenvalue weighted by molar-refractivity contribution is -0.126. The van der Waals surface area contributed by atoms with Gasteiger partial charge < -0.3 is 5.32 Å². The molecule has 0 bridgehead atoms. The van der Waals surface area contributed by atoms with E-state index in [0.29, 0.717) is 30.1 Å². The normalized spacial score (nSPS) is 17.5. The van der Waals surface area contributed by atoms with Crippen molar-refractivity contribution < 1.29 is 13.2 Å². The first-order valence-electron chi connectivity index (χ1n) is 7.87. The summed E-state index contributed by atoms with van der Waals surface area (Å²) in [7, 11) is -3.37. The zero-order valence-corrected chi connectivity index (χ0v) is 14.6. The average Bonchev–Trinajstić information content (AvgIpc) is 3.07. The van der Waals surface area contributed by atoms with Crippen LogP contribution in [0.1, 0.15) is 39.0 Å². The topological polar surface area (TPSA) is 66.5 Å². The van der Waals surface area contributed by atoms with Gasteiger partial charge in [0.05, 0.1) is 0 Å². The minimum absolute atomic E-state index is 0.0589. The zero-order chi connectivity index (χ0) is 16.0. The Kier molecular flexibility index (Phi) is 6.40. The number of amides is 1. The summed E-state index contributed by atoms with van der Waals surface area (Å²) in [6.45, 7) is 3.70. The van der Waals surface area contributed by atoms with E-state index in [4.69, 9.17) is 0 Å². The fourth-order valence-corrected chi connectivity index (χ4v) is 5.24. The SMILES string of the molecule is CCCCCNC(=O)C1CCN(S(=O)(=O)c2cccs2)CC1. The van der Waals surface area contributed by atoms with E-state index in [2.05, 4.69) is 12.2 Å². The van der Waals surface area contributed by atoms with Crippen molar-refractivity contribution in [2.75, 3.05) is 19.6 Å². The first-order valence-corrected chi connectivity index (χ1v) is 10.2. The van der Waals surface area contributed by atoms with Crippen molar-refractivity contribution in [3.8, 4) is 0 Å². The summed E-state index contributed by atoms with van der Waals surface area (Å²) in [4.78, 5) is 12.1. The molecule has 124 valence electrons. The molecule has 0 unspecified atom stereocenters. The lowest BCUT2D eigenvalue weighted by atomic mass is 9.97. The molecule has 0 atom stereocenters. The van der Waals surface area contributed by atoms with Crippen molar-refractivity contribution in [1.82, 2.24) is 9.62 Å². The van der Waals surface area contributed by atoms with Gasteiger partial charge in [-0.3, -0.25) is 4.79 Å².